The van der Waals surface area contributed by atoms with E-state index in [0.717, 1.165) is 25.1 Å². The topological polar surface area (TPSA) is 56.3 Å². The molecule has 18 heavy (non-hydrogen) atoms. The third-order valence-corrected chi connectivity index (χ3v) is 3.07. The lowest BCUT2D eigenvalue weighted by molar-refractivity contribution is 0.108. The molecule has 0 aromatic carbocycles. The second-order valence-electron chi connectivity index (χ2n) is 4.89. The molecule has 0 saturated heterocycles. The van der Waals surface area contributed by atoms with E-state index in [-0.39, 0.29) is 6.10 Å². The smallest absolute Gasteiger partial charge is 0.257 e. The number of anilines is 1. The van der Waals surface area contributed by atoms with E-state index in [9.17, 15) is 0 Å². The van der Waals surface area contributed by atoms with Gasteiger partial charge in [-0.1, -0.05) is 0 Å². The fraction of sp³-hybridized carbons (Fsp3) is 0.692. The van der Waals surface area contributed by atoms with Gasteiger partial charge < -0.3 is 14.8 Å². The van der Waals surface area contributed by atoms with Gasteiger partial charge in [0.15, 0.2) is 5.82 Å². The van der Waals surface area contributed by atoms with Crippen molar-refractivity contribution in [3.63, 3.8) is 0 Å². The zero-order chi connectivity index (χ0) is 13.0. The minimum Gasteiger partial charge on any atom is -0.472 e. The molecule has 1 N–H and O–H groups in total. The number of rotatable bonds is 5. The van der Waals surface area contributed by atoms with Gasteiger partial charge in [0.25, 0.3) is 5.88 Å². The van der Waals surface area contributed by atoms with Crippen molar-refractivity contribution in [2.75, 3.05) is 12.4 Å². The lowest BCUT2D eigenvalue weighted by Gasteiger charge is -2.17. The summed E-state index contributed by atoms with van der Waals surface area (Å²) in [4.78, 5) is 8.53. The molecule has 1 heterocycles. The summed E-state index contributed by atoms with van der Waals surface area (Å²) in [7, 11) is 1.77. The maximum atomic E-state index is 5.64. The van der Waals surface area contributed by atoms with Gasteiger partial charge in [-0.3, -0.25) is 0 Å². The quantitative estimate of drug-likeness (QED) is 0.869. The molecule has 0 spiro atoms. The summed E-state index contributed by atoms with van der Waals surface area (Å²) in [5.74, 6) is 1.31. The molecule has 5 nitrogen and oxygen atoms in total. The highest BCUT2D eigenvalue weighted by Crippen LogP contribution is 2.27. The molecule has 1 aromatic rings. The Kier molecular flexibility index (Phi) is 4.36. The van der Waals surface area contributed by atoms with Crippen LogP contribution in [0.1, 0.15) is 33.1 Å². The Bertz CT molecular complexity index is 384. The molecule has 0 amide bonds. The average molecular weight is 251 g/mol. The van der Waals surface area contributed by atoms with Crippen LogP contribution >= 0.6 is 0 Å². The molecule has 2 atom stereocenters. The van der Waals surface area contributed by atoms with E-state index >= 15 is 0 Å². The standard InChI is InChI=1S/C13H21N3O2/c1-9(2)18-13-12(14-6-7-15-13)16-10-4-5-11(8-10)17-3/h6-7,9-11H,4-5,8H2,1-3H3,(H,14,16). The van der Waals surface area contributed by atoms with E-state index in [1.165, 1.54) is 0 Å². The van der Waals surface area contributed by atoms with Crippen molar-refractivity contribution in [1.82, 2.24) is 9.97 Å². The van der Waals surface area contributed by atoms with Crippen LogP contribution in [0.3, 0.4) is 0 Å². The number of hydrogen-bond donors (Lipinski definition) is 1. The molecule has 0 radical (unpaired) electrons. The van der Waals surface area contributed by atoms with E-state index in [2.05, 4.69) is 15.3 Å². The zero-order valence-electron chi connectivity index (χ0n) is 11.2. The first kappa shape index (κ1) is 13.1. The van der Waals surface area contributed by atoms with Gasteiger partial charge in [0.05, 0.1) is 12.2 Å². The number of nitrogens with zero attached hydrogens (tertiary/aromatic N) is 2. The Balaban J connectivity index is 2.00. The van der Waals surface area contributed by atoms with Crippen molar-refractivity contribution in [2.24, 2.45) is 0 Å². The van der Waals surface area contributed by atoms with Gasteiger partial charge in [-0.25, -0.2) is 9.97 Å². The molecule has 5 heteroatoms. The lowest BCUT2D eigenvalue weighted by atomic mass is 10.2. The Morgan fingerprint density at radius 1 is 1.28 bits per heavy atom. The highest BCUT2D eigenvalue weighted by atomic mass is 16.5. The van der Waals surface area contributed by atoms with Crippen molar-refractivity contribution < 1.29 is 9.47 Å². The van der Waals surface area contributed by atoms with Crippen molar-refractivity contribution >= 4 is 5.82 Å². The zero-order valence-corrected chi connectivity index (χ0v) is 11.2. The van der Waals surface area contributed by atoms with Gasteiger partial charge in [-0.2, -0.15) is 0 Å². The van der Waals surface area contributed by atoms with Gasteiger partial charge in [0.1, 0.15) is 0 Å². The van der Waals surface area contributed by atoms with E-state index in [1.54, 1.807) is 19.5 Å². The molecule has 1 fully saturated rings. The maximum Gasteiger partial charge on any atom is 0.257 e. The fourth-order valence-electron chi connectivity index (χ4n) is 2.21. The van der Waals surface area contributed by atoms with Crippen LogP contribution in [0.15, 0.2) is 12.4 Å². The van der Waals surface area contributed by atoms with Crippen LogP contribution in [-0.4, -0.2) is 35.3 Å². The lowest BCUT2D eigenvalue weighted by Crippen LogP contribution is -2.19. The van der Waals surface area contributed by atoms with Crippen LogP contribution in [0, 0.1) is 0 Å². The monoisotopic (exact) mass is 251 g/mol. The molecule has 1 aliphatic carbocycles. The Labute approximate surface area is 108 Å². The Hall–Kier alpha value is -1.36. The predicted octanol–water partition coefficient (Wildman–Crippen LogP) is 2.24. The second kappa shape index (κ2) is 6.00. The van der Waals surface area contributed by atoms with Crippen molar-refractivity contribution in [3.8, 4) is 5.88 Å². The third kappa shape index (κ3) is 3.32. The van der Waals surface area contributed by atoms with Crippen LogP contribution in [0.4, 0.5) is 5.82 Å². The van der Waals surface area contributed by atoms with Crippen LogP contribution in [0.2, 0.25) is 0 Å². The van der Waals surface area contributed by atoms with Gasteiger partial charge in [-0.05, 0) is 33.1 Å². The molecule has 0 aliphatic heterocycles. The minimum absolute atomic E-state index is 0.0950. The summed E-state index contributed by atoms with van der Waals surface area (Å²) in [6.07, 6.45) is 6.97. The number of aromatic nitrogens is 2. The molecule has 1 aromatic heterocycles. The number of methoxy groups -OCH3 is 1. The van der Waals surface area contributed by atoms with Crippen LogP contribution in [0.25, 0.3) is 0 Å². The van der Waals surface area contributed by atoms with Crippen LogP contribution in [0.5, 0.6) is 5.88 Å². The third-order valence-electron chi connectivity index (χ3n) is 3.07. The summed E-state index contributed by atoms with van der Waals surface area (Å²) in [6.45, 7) is 3.96. The van der Waals surface area contributed by atoms with E-state index in [1.807, 2.05) is 13.8 Å². The average Bonchev–Trinajstić information content (AvgIpc) is 2.79. The summed E-state index contributed by atoms with van der Waals surface area (Å²) >= 11 is 0. The Morgan fingerprint density at radius 2 is 2.06 bits per heavy atom. The summed E-state index contributed by atoms with van der Waals surface area (Å²) < 4.78 is 11.0. The fourth-order valence-corrected chi connectivity index (χ4v) is 2.21. The molecule has 0 bridgehead atoms. The minimum atomic E-state index is 0.0950. The van der Waals surface area contributed by atoms with Gasteiger partial charge >= 0.3 is 0 Å². The number of nitrogens with one attached hydrogen (secondary N) is 1. The van der Waals surface area contributed by atoms with E-state index in [0.29, 0.717) is 18.0 Å². The number of hydrogen-bond acceptors (Lipinski definition) is 5. The van der Waals surface area contributed by atoms with Crippen LogP contribution in [-0.2, 0) is 4.74 Å². The first-order valence-electron chi connectivity index (χ1n) is 6.46. The first-order valence-corrected chi connectivity index (χ1v) is 6.46. The van der Waals surface area contributed by atoms with Gasteiger partial charge in [0, 0.05) is 25.5 Å². The second-order valence-corrected chi connectivity index (χ2v) is 4.89. The molecule has 1 aliphatic rings. The maximum absolute atomic E-state index is 5.64. The SMILES string of the molecule is COC1CCC(Nc2nccnc2OC(C)C)C1. The van der Waals surface area contributed by atoms with Crippen molar-refractivity contribution in [1.29, 1.82) is 0 Å². The molecular weight excluding hydrogens is 230 g/mol. The molecular formula is C13H21N3O2. The van der Waals surface area contributed by atoms with Crippen molar-refractivity contribution in [3.05, 3.63) is 12.4 Å². The van der Waals surface area contributed by atoms with Gasteiger partial charge in [-0.15, -0.1) is 0 Å². The highest BCUT2D eigenvalue weighted by molar-refractivity contribution is 5.45. The number of ether oxygens (including phenoxy) is 2. The first-order chi connectivity index (χ1) is 8.69. The summed E-state index contributed by atoms with van der Waals surface area (Å²) in [5, 5.41) is 3.40. The van der Waals surface area contributed by atoms with Gasteiger partial charge in [0.2, 0.25) is 0 Å². The largest absolute Gasteiger partial charge is 0.472 e. The van der Waals surface area contributed by atoms with Crippen molar-refractivity contribution in [2.45, 2.75) is 51.4 Å². The summed E-state index contributed by atoms with van der Waals surface area (Å²) in [5.41, 5.74) is 0. The van der Waals surface area contributed by atoms with E-state index < -0.39 is 0 Å². The predicted molar refractivity (Wildman–Crippen MR) is 69.9 cm³/mol. The molecule has 1 saturated carbocycles. The molecule has 100 valence electrons. The normalized spacial score (nSPS) is 23.3. The highest BCUT2D eigenvalue weighted by Gasteiger charge is 2.25. The molecule has 2 unspecified atom stereocenters. The Morgan fingerprint density at radius 3 is 2.72 bits per heavy atom. The van der Waals surface area contributed by atoms with Crippen LogP contribution < -0.4 is 10.1 Å². The molecule has 2 rings (SSSR count). The van der Waals surface area contributed by atoms with E-state index in [4.69, 9.17) is 9.47 Å². The summed E-state index contributed by atoms with van der Waals surface area (Å²) in [6, 6.07) is 0.390.